The second-order valence-corrected chi connectivity index (χ2v) is 17.1. The van der Waals surface area contributed by atoms with Gasteiger partial charge in [-0.3, -0.25) is 9.59 Å². The molecule has 0 aliphatic heterocycles. The van der Waals surface area contributed by atoms with Crippen LogP contribution in [0.25, 0.3) is 0 Å². The number of carbonyl (C=O) groups excluding carboxylic acids is 2. The predicted octanol–water partition coefficient (Wildman–Crippen LogP) is 11.6. The van der Waals surface area contributed by atoms with Crippen molar-refractivity contribution in [1.29, 1.82) is 0 Å². The quantitative estimate of drug-likeness (QED) is 0.140. The molecule has 0 aromatic carbocycles. The van der Waals surface area contributed by atoms with Crippen LogP contribution >= 0.6 is 0 Å². The zero-order valence-electron chi connectivity index (χ0n) is 30.2. The molecule has 0 amide bonds. The Kier molecular flexibility index (Phi) is 15.1. The lowest BCUT2D eigenvalue weighted by Gasteiger charge is -2.38. The summed E-state index contributed by atoms with van der Waals surface area (Å²) in [7, 11) is 0. The first-order chi connectivity index (χ1) is 22.5. The summed E-state index contributed by atoms with van der Waals surface area (Å²) in [5.74, 6) is 5.70. The SMILES string of the molecule is CCCCCC1CCC(C2CCC(C(=O)OC(COC(=O)C3CCC(C4CCC(CCC)CC4)CC3)C3CCCCC3)CC2)CC1. The molecular formula is C42H72O4. The van der Waals surface area contributed by atoms with Crippen LogP contribution in [0, 0.1) is 53.3 Å². The Labute approximate surface area is 283 Å². The van der Waals surface area contributed by atoms with Crippen LogP contribution in [0.15, 0.2) is 0 Å². The molecule has 0 bridgehead atoms. The molecule has 264 valence electrons. The van der Waals surface area contributed by atoms with Gasteiger partial charge in [0.05, 0.1) is 11.8 Å². The van der Waals surface area contributed by atoms with Gasteiger partial charge in [-0.1, -0.05) is 97.3 Å². The molecule has 0 N–H and O–H groups in total. The van der Waals surface area contributed by atoms with E-state index in [1.54, 1.807) is 0 Å². The fraction of sp³-hybridized carbons (Fsp3) is 0.952. The summed E-state index contributed by atoms with van der Waals surface area (Å²) in [5, 5.41) is 0. The summed E-state index contributed by atoms with van der Waals surface area (Å²) in [4.78, 5) is 26.8. The Morgan fingerprint density at radius 3 is 1.50 bits per heavy atom. The molecular weight excluding hydrogens is 568 g/mol. The van der Waals surface area contributed by atoms with E-state index >= 15 is 0 Å². The third-order valence-corrected chi connectivity index (χ3v) is 14.1. The topological polar surface area (TPSA) is 52.6 Å². The minimum atomic E-state index is -0.257. The zero-order valence-corrected chi connectivity index (χ0v) is 30.2. The monoisotopic (exact) mass is 641 g/mol. The van der Waals surface area contributed by atoms with E-state index in [-0.39, 0.29) is 36.5 Å². The van der Waals surface area contributed by atoms with E-state index in [4.69, 9.17) is 9.47 Å². The molecule has 46 heavy (non-hydrogen) atoms. The number of hydrogen-bond acceptors (Lipinski definition) is 4. The average molecular weight is 641 g/mol. The van der Waals surface area contributed by atoms with Crippen LogP contribution in [-0.2, 0) is 19.1 Å². The van der Waals surface area contributed by atoms with Gasteiger partial charge in [0, 0.05) is 0 Å². The van der Waals surface area contributed by atoms with Crippen LogP contribution in [0.1, 0.15) is 187 Å². The summed E-state index contributed by atoms with van der Waals surface area (Å²) in [6, 6.07) is 0. The first-order valence-corrected chi connectivity index (χ1v) is 20.9. The second kappa shape index (κ2) is 19.2. The van der Waals surface area contributed by atoms with Crippen molar-refractivity contribution in [2.75, 3.05) is 6.61 Å². The second-order valence-electron chi connectivity index (χ2n) is 17.1. The molecule has 5 saturated carbocycles. The van der Waals surface area contributed by atoms with Gasteiger partial charge < -0.3 is 9.47 Å². The zero-order chi connectivity index (χ0) is 32.1. The van der Waals surface area contributed by atoms with Crippen molar-refractivity contribution in [2.24, 2.45) is 53.3 Å². The average Bonchev–Trinajstić information content (AvgIpc) is 3.11. The van der Waals surface area contributed by atoms with Crippen LogP contribution in [-0.4, -0.2) is 24.6 Å². The van der Waals surface area contributed by atoms with Crippen LogP contribution in [0.5, 0.6) is 0 Å². The lowest BCUT2D eigenvalue weighted by molar-refractivity contribution is -0.170. The highest BCUT2D eigenvalue weighted by Crippen LogP contribution is 2.44. The predicted molar refractivity (Wildman–Crippen MR) is 188 cm³/mol. The molecule has 0 saturated heterocycles. The highest BCUT2D eigenvalue weighted by Gasteiger charge is 2.37. The van der Waals surface area contributed by atoms with Crippen LogP contribution < -0.4 is 0 Å². The smallest absolute Gasteiger partial charge is 0.309 e. The molecule has 0 radical (unpaired) electrons. The van der Waals surface area contributed by atoms with Crippen molar-refractivity contribution >= 4 is 11.9 Å². The third kappa shape index (κ3) is 10.7. The van der Waals surface area contributed by atoms with Crippen LogP contribution in [0.4, 0.5) is 0 Å². The number of rotatable bonds is 14. The van der Waals surface area contributed by atoms with E-state index in [1.165, 1.54) is 135 Å². The minimum Gasteiger partial charge on any atom is -0.462 e. The lowest BCUT2D eigenvalue weighted by Crippen LogP contribution is -2.38. The number of unbranched alkanes of at least 4 members (excludes halogenated alkanes) is 2. The Morgan fingerprint density at radius 1 is 0.522 bits per heavy atom. The highest BCUT2D eigenvalue weighted by molar-refractivity contribution is 5.73. The summed E-state index contributed by atoms with van der Waals surface area (Å²) >= 11 is 0. The first-order valence-electron chi connectivity index (χ1n) is 20.9. The largest absolute Gasteiger partial charge is 0.462 e. The van der Waals surface area contributed by atoms with Crippen LogP contribution in [0.2, 0.25) is 0 Å². The van der Waals surface area contributed by atoms with Crippen molar-refractivity contribution < 1.29 is 19.1 Å². The molecule has 4 heteroatoms. The van der Waals surface area contributed by atoms with E-state index in [9.17, 15) is 9.59 Å². The van der Waals surface area contributed by atoms with Gasteiger partial charge in [0.2, 0.25) is 0 Å². The molecule has 5 rings (SSSR count). The first kappa shape index (κ1) is 36.2. The van der Waals surface area contributed by atoms with E-state index in [1.807, 2.05) is 0 Å². The van der Waals surface area contributed by atoms with Gasteiger partial charge in [-0.2, -0.15) is 0 Å². The Bertz CT molecular complexity index is 862. The van der Waals surface area contributed by atoms with Gasteiger partial charge in [-0.05, 0) is 131 Å². The number of carbonyl (C=O) groups is 2. The Morgan fingerprint density at radius 2 is 1.00 bits per heavy atom. The normalized spacial score (nSPS) is 35.3. The fourth-order valence-corrected chi connectivity index (χ4v) is 10.9. The molecule has 1 atom stereocenters. The highest BCUT2D eigenvalue weighted by atomic mass is 16.6. The van der Waals surface area contributed by atoms with E-state index in [0.29, 0.717) is 5.92 Å². The maximum Gasteiger partial charge on any atom is 0.309 e. The summed E-state index contributed by atoms with van der Waals surface area (Å²) in [5.41, 5.74) is 0. The maximum atomic E-state index is 13.5. The molecule has 0 aromatic heterocycles. The van der Waals surface area contributed by atoms with E-state index in [0.717, 1.165) is 74.0 Å². The minimum absolute atomic E-state index is 0.00105. The molecule has 5 aliphatic carbocycles. The van der Waals surface area contributed by atoms with Crippen molar-refractivity contribution in [3.63, 3.8) is 0 Å². The summed E-state index contributed by atoms with van der Waals surface area (Å²) < 4.78 is 12.3. The number of esters is 2. The van der Waals surface area contributed by atoms with Gasteiger partial charge in [-0.25, -0.2) is 0 Å². The summed E-state index contributed by atoms with van der Waals surface area (Å²) in [6.07, 6.45) is 33.9. The molecule has 1 unspecified atom stereocenters. The third-order valence-electron chi connectivity index (χ3n) is 14.1. The molecule has 5 aliphatic rings. The standard InChI is InChI=1S/C42H72O4/c1-3-5-7-11-32-16-20-34(21-17-32)36-24-28-39(29-25-36)42(44)46-40(37-12-8-6-9-13-37)30-45-41(43)38-26-22-35(23-27-38)33-18-14-31(10-4-2)15-19-33/h31-40H,3-30H2,1-2H3. The van der Waals surface area contributed by atoms with Crippen molar-refractivity contribution in [3.05, 3.63) is 0 Å². The number of ether oxygens (including phenoxy) is 2. The fourth-order valence-electron chi connectivity index (χ4n) is 10.9. The summed E-state index contributed by atoms with van der Waals surface area (Å²) in [6.45, 7) is 4.89. The van der Waals surface area contributed by atoms with Crippen molar-refractivity contribution in [3.8, 4) is 0 Å². The van der Waals surface area contributed by atoms with Gasteiger partial charge in [-0.15, -0.1) is 0 Å². The maximum absolute atomic E-state index is 13.5. The van der Waals surface area contributed by atoms with Crippen LogP contribution in [0.3, 0.4) is 0 Å². The van der Waals surface area contributed by atoms with Gasteiger partial charge in [0.1, 0.15) is 12.7 Å². The van der Waals surface area contributed by atoms with Gasteiger partial charge >= 0.3 is 11.9 Å². The molecule has 0 heterocycles. The van der Waals surface area contributed by atoms with Crippen molar-refractivity contribution in [1.82, 2.24) is 0 Å². The molecule has 4 nitrogen and oxygen atoms in total. The molecule has 0 aromatic rings. The van der Waals surface area contributed by atoms with E-state index < -0.39 is 0 Å². The molecule has 0 spiro atoms. The van der Waals surface area contributed by atoms with Gasteiger partial charge in [0.25, 0.3) is 0 Å². The van der Waals surface area contributed by atoms with Crippen molar-refractivity contribution in [2.45, 2.75) is 193 Å². The van der Waals surface area contributed by atoms with Gasteiger partial charge in [0.15, 0.2) is 0 Å². The molecule has 5 fully saturated rings. The number of hydrogen-bond donors (Lipinski definition) is 0. The lowest BCUT2D eigenvalue weighted by atomic mass is 9.68. The Balaban J connectivity index is 1.03. The van der Waals surface area contributed by atoms with E-state index in [2.05, 4.69) is 13.8 Å². The Hall–Kier alpha value is -1.06.